The fourth-order valence-corrected chi connectivity index (χ4v) is 1.91. The van der Waals surface area contributed by atoms with E-state index in [4.69, 9.17) is 0 Å². The number of benzene rings is 1. The molecule has 0 amide bonds. The average molecular weight is 197 g/mol. The Kier molecular flexibility index (Phi) is 2.01. The molecule has 0 fully saturated rings. The predicted octanol–water partition coefficient (Wildman–Crippen LogP) is 2.49. The molecule has 1 aromatic carbocycles. The van der Waals surface area contributed by atoms with Crippen molar-refractivity contribution in [1.82, 2.24) is 4.98 Å². The first-order valence-corrected chi connectivity index (χ1v) is 4.78. The molecular weight excluding hydrogens is 189 g/mol. The van der Waals surface area contributed by atoms with E-state index in [1.807, 2.05) is 0 Å². The summed E-state index contributed by atoms with van der Waals surface area (Å²) in [5.74, 6) is -0.409. The Hall–Kier alpha value is -1.00. The van der Waals surface area contributed by atoms with Gasteiger partial charge < -0.3 is 5.11 Å². The first-order chi connectivity index (χ1) is 6.20. The number of hydrogen-bond donors (Lipinski definition) is 1. The van der Waals surface area contributed by atoms with Gasteiger partial charge in [-0.3, -0.25) is 0 Å². The highest BCUT2D eigenvalue weighted by molar-refractivity contribution is 7.16. The molecule has 0 spiro atoms. The molecule has 0 aliphatic rings. The van der Waals surface area contributed by atoms with Crippen LogP contribution in [0, 0.1) is 5.82 Å². The Balaban J connectivity index is 2.73. The molecule has 0 aliphatic heterocycles. The van der Waals surface area contributed by atoms with Gasteiger partial charge in [-0.25, -0.2) is 9.37 Å². The van der Waals surface area contributed by atoms with E-state index in [1.165, 1.54) is 18.3 Å². The molecule has 1 N–H and O–H groups in total. The van der Waals surface area contributed by atoms with Gasteiger partial charge in [0.1, 0.15) is 5.52 Å². The van der Waals surface area contributed by atoms with Crippen LogP contribution in [0.4, 0.5) is 4.39 Å². The zero-order chi connectivity index (χ0) is 9.42. The summed E-state index contributed by atoms with van der Waals surface area (Å²) in [6.45, 7) is 1.54. The lowest BCUT2D eigenvalue weighted by Gasteiger charge is -2.05. The largest absolute Gasteiger partial charge is 0.389 e. The first-order valence-electron chi connectivity index (χ1n) is 3.90. The quantitative estimate of drug-likeness (QED) is 0.761. The molecule has 0 aliphatic carbocycles. The molecule has 4 heteroatoms. The Labute approximate surface area is 78.7 Å². The lowest BCUT2D eigenvalue weighted by atomic mass is 10.1. The van der Waals surface area contributed by atoms with Crippen molar-refractivity contribution in [1.29, 1.82) is 0 Å². The second kappa shape index (κ2) is 3.05. The summed E-state index contributed by atoms with van der Waals surface area (Å²) in [7, 11) is 0. The van der Waals surface area contributed by atoms with Crippen LogP contribution in [0.15, 0.2) is 17.6 Å². The third-order valence-corrected chi connectivity index (χ3v) is 2.71. The number of aliphatic hydroxyl groups excluding tert-OH is 1. The minimum atomic E-state index is -0.786. The van der Waals surface area contributed by atoms with Crippen LogP contribution in [-0.2, 0) is 0 Å². The van der Waals surface area contributed by atoms with E-state index < -0.39 is 11.9 Å². The number of halogens is 1. The molecule has 2 nitrogen and oxygen atoms in total. The lowest BCUT2D eigenvalue weighted by molar-refractivity contribution is 0.194. The summed E-state index contributed by atoms with van der Waals surface area (Å²) < 4.78 is 14.3. The molecule has 2 aromatic rings. The third-order valence-electron chi connectivity index (χ3n) is 1.92. The highest BCUT2D eigenvalue weighted by Gasteiger charge is 2.12. The van der Waals surface area contributed by atoms with Crippen LogP contribution in [-0.4, -0.2) is 10.1 Å². The molecule has 0 radical (unpaired) electrons. The van der Waals surface area contributed by atoms with E-state index in [0.29, 0.717) is 11.1 Å². The van der Waals surface area contributed by atoms with E-state index in [2.05, 4.69) is 4.98 Å². The van der Waals surface area contributed by atoms with Gasteiger partial charge in [0, 0.05) is 5.56 Å². The number of rotatable bonds is 1. The van der Waals surface area contributed by atoms with Gasteiger partial charge in [0.25, 0.3) is 0 Å². The van der Waals surface area contributed by atoms with Crippen LogP contribution >= 0.6 is 11.3 Å². The van der Waals surface area contributed by atoms with Gasteiger partial charge in [-0.1, -0.05) is 6.07 Å². The summed E-state index contributed by atoms with van der Waals surface area (Å²) in [5.41, 5.74) is 2.25. The molecule has 68 valence electrons. The van der Waals surface area contributed by atoms with E-state index in [-0.39, 0.29) is 0 Å². The molecule has 0 saturated heterocycles. The summed E-state index contributed by atoms with van der Waals surface area (Å²) in [6.07, 6.45) is -0.786. The summed E-state index contributed by atoms with van der Waals surface area (Å²) in [5, 5.41) is 9.24. The number of hydrogen-bond acceptors (Lipinski definition) is 3. The van der Waals surface area contributed by atoms with Crippen molar-refractivity contribution in [2.24, 2.45) is 0 Å². The third kappa shape index (κ3) is 1.32. The summed E-state index contributed by atoms with van der Waals surface area (Å²) in [6, 6.07) is 3.37. The highest BCUT2D eigenvalue weighted by atomic mass is 32.1. The normalized spacial score (nSPS) is 13.5. The van der Waals surface area contributed by atoms with Crippen LogP contribution in [0.25, 0.3) is 10.2 Å². The maximum absolute atomic E-state index is 13.5. The minimum absolute atomic E-state index is 0.304. The van der Waals surface area contributed by atoms with Gasteiger partial charge in [-0.2, -0.15) is 0 Å². The number of thiazole rings is 1. The highest BCUT2D eigenvalue weighted by Crippen LogP contribution is 2.26. The van der Waals surface area contributed by atoms with Crippen LogP contribution < -0.4 is 0 Å². The molecular formula is C9H8FNOS. The first kappa shape index (κ1) is 8.59. The minimum Gasteiger partial charge on any atom is -0.389 e. The Bertz CT molecular complexity index is 438. The van der Waals surface area contributed by atoms with Gasteiger partial charge in [-0.15, -0.1) is 11.3 Å². The van der Waals surface area contributed by atoms with E-state index in [1.54, 1.807) is 17.6 Å². The predicted molar refractivity (Wildman–Crippen MR) is 50.2 cm³/mol. The van der Waals surface area contributed by atoms with Gasteiger partial charge >= 0.3 is 0 Å². The monoisotopic (exact) mass is 197 g/mol. The van der Waals surface area contributed by atoms with Gasteiger partial charge in [-0.05, 0) is 13.0 Å². The fourth-order valence-electron chi connectivity index (χ4n) is 1.24. The number of aliphatic hydroxyl groups is 1. The zero-order valence-electron chi connectivity index (χ0n) is 6.99. The van der Waals surface area contributed by atoms with Crippen molar-refractivity contribution in [3.63, 3.8) is 0 Å². The van der Waals surface area contributed by atoms with Gasteiger partial charge in [0.05, 0.1) is 16.3 Å². The van der Waals surface area contributed by atoms with Crippen molar-refractivity contribution in [2.45, 2.75) is 13.0 Å². The number of nitrogens with zero attached hydrogens (tertiary/aromatic N) is 1. The van der Waals surface area contributed by atoms with Crippen molar-refractivity contribution >= 4 is 21.6 Å². The number of fused-ring (bicyclic) bond motifs is 1. The van der Waals surface area contributed by atoms with E-state index in [9.17, 15) is 9.50 Å². The SMILES string of the molecule is CC(O)c1ccc2scnc2c1F. The maximum Gasteiger partial charge on any atom is 0.156 e. The topological polar surface area (TPSA) is 33.1 Å². The van der Waals surface area contributed by atoms with Crippen molar-refractivity contribution in [3.8, 4) is 0 Å². The molecule has 1 unspecified atom stereocenters. The van der Waals surface area contributed by atoms with Crippen LogP contribution in [0.1, 0.15) is 18.6 Å². The van der Waals surface area contributed by atoms with Crippen molar-refractivity contribution < 1.29 is 9.50 Å². The second-order valence-electron chi connectivity index (χ2n) is 2.84. The van der Waals surface area contributed by atoms with E-state index >= 15 is 0 Å². The van der Waals surface area contributed by atoms with Crippen molar-refractivity contribution in [2.75, 3.05) is 0 Å². The Morgan fingerprint density at radius 2 is 2.31 bits per heavy atom. The van der Waals surface area contributed by atoms with Gasteiger partial charge in [0.2, 0.25) is 0 Å². The molecule has 0 saturated carbocycles. The molecule has 1 heterocycles. The number of aromatic nitrogens is 1. The Morgan fingerprint density at radius 3 is 3.00 bits per heavy atom. The smallest absolute Gasteiger partial charge is 0.156 e. The summed E-state index contributed by atoms with van der Waals surface area (Å²) >= 11 is 1.39. The lowest BCUT2D eigenvalue weighted by Crippen LogP contribution is -1.95. The molecule has 2 rings (SSSR count). The van der Waals surface area contributed by atoms with E-state index in [0.717, 1.165) is 4.70 Å². The molecule has 1 aromatic heterocycles. The van der Waals surface area contributed by atoms with Crippen LogP contribution in [0.5, 0.6) is 0 Å². The zero-order valence-corrected chi connectivity index (χ0v) is 7.81. The molecule has 1 atom stereocenters. The average Bonchev–Trinajstić information content (AvgIpc) is 2.52. The van der Waals surface area contributed by atoms with Crippen LogP contribution in [0.2, 0.25) is 0 Å². The summed E-state index contributed by atoms with van der Waals surface area (Å²) in [4.78, 5) is 3.89. The molecule has 0 bridgehead atoms. The van der Waals surface area contributed by atoms with Crippen LogP contribution in [0.3, 0.4) is 0 Å². The fraction of sp³-hybridized carbons (Fsp3) is 0.222. The maximum atomic E-state index is 13.5. The molecule has 13 heavy (non-hydrogen) atoms. The second-order valence-corrected chi connectivity index (χ2v) is 3.73. The Morgan fingerprint density at radius 1 is 1.54 bits per heavy atom. The standard InChI is InChI=1S/C9H8FNOS/c1-5(12)6-2-3-7-9(8(6)10)11-4-13-7/h2-5,12H,1H3. The van der Waals surface area contributed by atoms with Crippen molar-refractivity contribution in [3.05, 3.63) is 29.0 Å². The van der Waals surface area contributed by atoms with Gasteiger partial charge in [0.15, 0.2) is 5.82 Å².